The minimum absolute atomic E-state index is 0.140. The summed E-state index contributed by atoms with van der Waals surface area (Å²) in [6, 6.07) is -1.52. The van der Waals surface area contributed by atoms with Gasteiger partial charge in [-0.1, -0.05) is 154 Å². The number of aliphatic carboxylic acids is 1. The van der Waals surface area contributed by atoms with E-state index in [2.05, 4.69) is 36.6 Å². The number of hydrogen-bond donors (Lipinski definition) is 3. The molecule has 4 N–H and O–H groups in total. The van der Waals surface area contributed by atoms with Gasteiger partial charge in [0.1, 0.15) is 12.6 Å². The number of carboxylic acid groups (broad SMARTS) is 1. The van der Waals surface area contributed by atoms with Gasteiger partial charge in [0, 0.05) is 12.8 Å². The average molecular weight is 788 g/mol. The first-order valence-electron chi connectivity index (χ1n) is 21.4. The third kappa shape index (κ3) is 36.9. The van der Waals surface area contributed by atoms with Crippen molar-refractivity contribution in [1.29, 1.82) is 0 Å². The molecule has 0 saturated heterocycles. The maximum atomic E-state index is 12.6. The molecule has 0 rings (SSSR count). The number of phosphoric acid groups is 1. The summed E-state index contributed by atoms with van der Waals surface area (Å²) < 4.78 is 32.6. The number of allylic oxidation sites excluding steroid dienone is 4. The number of carboxylic acids is 1. The largest absolute Gasteiger partial charge is 0.480 e. The van der Waals surface area contributed by atoms with E-state index in [0.29, 0.717) is 12.8 Å². The fraction of sp³-hybridized carbons (Fsp3) is 0.833. The second kappa shape index (κ2) is 37.9. The van der Waals surface area contributed by atoms with Crippen LogP contribution in [0.15, 0.2) is 24.3 Å². The van der Waals surface area contributed by atoms with Gasteiger partial charge in [-0.3, -0.25) is 23.4 Å². The van der Waals surface area contributed by atoms with E-state index in [1.807, 2.05) is 6.08 Å². The van der Waals surface area contributed by atoms with Gasteiger partial charge in [-0.25, -0.2) is 4.57 Å². The Hall–Kier alpha value is -2.04. The smallest absolute Gasteiger partial charge is 0.472 e. The van der Waals surface area contributed by atoms with Crippen LogP contribution < -0.4 is 5.73 Å². The van der Waals surface area contributed by atoms with Gasteiger partial charge in [0.05, 0.1) is 13.2 Å². The molecule has 0 aliphatic heterocycles. The Labute approximate surface area is 328 Å². The van der Waals surface area contributed by atoms with Crippen LogP contribution >= 0.6 is 7.82 Å². The Morgan fingerprint density at radius 2 is 0.963 bits per heavy atom. The van der Waals surface area contributed by atoms with Crippen molar-refractivity contribution < 1.29 is 47.5 Å². The van der Waals surface area contributed by atoms with Gasteiger partial charge in [0.15, 0.2) is 6.10 Å². The molecule has 0 aromatic rings. The van der Waals surface area contributed by atoms with Gasteiger partial charge in [-0.05, 0) is 51.4 Å². The predicted molar refractivity (Wildman–Crippen MR) is 217 cm³/mol. The number of phosphoric ester groups is 1. The molecule has 3 atom stereocenters. The summed E-state index contributed by atoms with van der Waals surface area (Å²) in [7, 11) is -4.72. The molecule has 0 aliphatic rings. The van der Waals surface area contributed by atoms with E-state index in [1.54, 1.807) is 0 Å². The second-order valence-electron chi connectivity index (χ2n) is 14.5. The van der Waals surface area contributed by atoms with Gasteiger partial charge < -0.3 is 25.2 Å². The van der Waals surface area contributed by atoms with Crippen molar-refractivity contribution in [3.63, 3.8) is 0 Å². The van der Waals surface area contributed by atoms with E-state index in [1.165, 1.54) is 109 Å². The lowest BCUT2D eigenvalue weighted by molar-refractivity contribution is -0.161. The van der Waals surface area contributed by atoms with Crippen LogP contribution in [-0.2, 0) is 37.5 Å². The first-order valence-corrected chi connectivity index (χ1v) is 22.9. The predicted octanol–water partition coefficient (Wildman–Crippen LogP) is 11.1. The van der Waals surface area contributed by atoms with E-state index in [0.717, 1.165) is 44.9 Å². The van der Waals surface area contributed by atoms with Crippen LogP contribution in [0.4, 0.5) is 0 Å². The number of hydrogen-bond acceptors (Lipinski definition) is 9. The molecule has 0 saturated carbocycles. The Morgan fingerprint density at radius 1 is 0.556 bits per heavy atom. The molecule has 1 unspecified atom stereocenters. The number of rotatable bonds is 40. The lowest BCUT2D eigenvalue weighted by Crippen LogP contribution is -2.34. The fourth-order valence-corrected chi connectivity index (χ4v) is 6.56. The molecule has 0 bridgehead atoms. The van der Waals surface area contributed by atoms with Crippen LogP contribution in [0.25, 0.3) is 0 Å². The molecule has 0 heterocycles. The van der Waals surface area contributed by atoms with E-state index >= 15 is 0 Å². The van der Waals surface area contributed by atoms with Crippen LogP contribution in [0, 0.1) is 0 Å². The Bertz CT molecular complexity index is 1020. The number of carbonyl (C=O) groups is 3. The second-order valence-corrected chi connectivity index (χ2v) is 15.9. The van der Waals surface area contributed by atoms with Crippen molar-refractivity contribution in [3.05, 3.63) is 24.3 Å². The quantitative estimate of drug-likeness (QED) is 0.0233. The molecule has 11 nitrogen and oxygen atoms in total. The lowest BCUT2D eigenvalue weighted by Gasteiger charge is -2.20. The maximum absolute atomic E-state index is 12.6. The molecular weight excluding hydrogens is 709 g/mol. The summed E-state index contributed by atoms with van der Waals surface area (Å²) in [5, 5.41) is 8.88. The van der Waals surface area contributed by atoms with Gasteiger partial charge in [0.25, 0.3) is 0 Å². The van der Waals surface area contributed by atoms with Crippen molar-refractivity contribution >= 4 is 25.7 Å². The topological polar surface area (TPSA) is 172 Å². The normalized spacial score (nSPS) is 14.0. The molecule has 0 aromatic carbocycles. The zero-order chi connectivity index (χ0) is 40.0. The zero-order valence-electron chi connectivity index (χ0n) is 34.1. The third-order valence-corrected chi connectivity index (χ3v) is 10.1. The summed E-state index contributed by atoms with van der Waals surface area (Å²) in [5.74, 6) is -2.44. The molecule has 316 valence electrons. The van der Waals surface area contributed by atoms with Crippen LogP contribution in [-0.4, -0.2) is 59.9 Å². The van der Waals surface area contributed by atoms with Crippen molar-refractivity contribution in [1.82, 2.24) is 0 Å². The van der Waals surface area contributed by atoms with Crippen molar-refractivity contribution in [2.24, 2.45) is 5.73 Å². The van der Waals surface area contributed by atoms with E-state index in [-0.39, 0.29) is 19.4 Å². The SMILES string of the molecule is CCCCCC/C=C/CCCCCCCCCC(=O)O[C@H](COC(=O)CC/C=C/CCCCCCCCCCCCC)COP(=O)(O)OC[C@H](N)C(=O)O. The molecule has 0 spiro atoms. The number of esters is 2. The molecule has 0 fully saturated rings. The lowest BCUT2D eigenvalue weighted by atomic mass is 10.1. The van der Waals surface area contributed by atoms with E-state index < -0.39 is 51.1 Å². The summed E-state index contributed by atoms with van der Waals surface area (Å²) in [4.78, 5) is 45.9. The Kier molecular flexibility index (Phi) is 36.4. The Morgan fingerprint density at radius 3 is 1.44 bits per heavy atom. The zero-order valence-corrected chi connectivity index (χ0v) is 35.0. The number of nitrogens with two attached hydrogens (primary N) is 1. The van der Waals surface area contributed by atoms with Crippen LogP contribution in [0.2, 0.25) is 0 Å². The van der Waals surface area contributed by atoms with Crippen LogP contribution in [0.1, 0.15) is 194 Å². The highest BCUT2D eigenvalue weighted by Crippen LogP contribution is 2.43. The first kappa shape index (κ1) is 52.0. The third-order valence-electron chi connectivity index (χ3n) is 9.19. The van der Waals surface area contributed by atoms with Crippen molar-refractivity contribution in [3.8, 4) is 0 Å². The highest BCUT2D eigenvalue weighted by Gasteiger charge is 2.28. The minimum Gasteiger partial charge on any atom is -0.480 e. The standard InChI is InChI=1S/C42H78NO10P/c1-3-5-7-9-11-13-15-17-19-21-23-25-27-29-31-33-40(44)50-35-38(36-51-54(48,49)52-37-39(43)42(46)47)53-41(45)34-32-30-28-26-24-22-20-18-16-14-12-10-8-6-4-2/h14,16,27,29,38-39H,3-13,15,17-26,28,30-37,43H2,1-2H3,(H,46,47)(H,48,49)/b16-14+,29-27+/t38-,39+/m1/s1. The molecule has 0 aliphatic carbocycles. The molecule has 0 radical (unpaired) electrons. The summed E-state index contributed by atoms with van der Waals surface area (Å²) in [5.41, 5.74) is 5.33. The van der Waals surface area contributed by atoms with Crippen molar-refractivity contribution in [2.45, 2.75) is 206 Å². The van der Waals surface area contributed by atoms with Gasteiger partial charge in [-0.15, -0.1) is 0 Å². The highest BCUT2D eigenvalue weighted by atomic mass is 31.2. The van der Waals surface area contributed by atoms with Gasteiger partial charge >= 0.3 is 25.7 Å². The van der Waals surface area contributed by atoms with Gasteiger partial charge in [-0.2, -0.15) is 0 Å². The Balaban J connectivity index is 4.41. The maximum Gasteiger partial charge on any atom is 0.472 e. The fourth-order valence-electron chi connectivity index (χ4n) is 5.78. The number of ether oxygens (including phenoxy) is 2. The molecule has 0 aromatic heterocycles. The number of carbonyl (C=O) groups excluding carboxylic acids is 2. The molecule has 0 amide bonds. The van der Waals surface area contributed by atoms with E-state index in [9.17, 15) is 23.8 Å². The minimum atomic E-state index is -4.72. The monoisotopic (exact) mass is 788 g/mol. The average Bonchev–Trinajstić information content (AvgIpc) is 3.14. The van der Waals surface area contributed by atoms with E-state index in [4.69, 9.17) is 24.8 Å². The van der Waals surface area contributed by atoms with Crippen LogP contribution in [0.3, 0.4) is 0 Å². The van der Waals surface area contributed by atoms with Crippen LogP contribution in [0.5, 0.6) is 0 Å². The summed E-state index contributed by atoms with van der Waals surface area (Å²) >= 11 is 0. The van der Waals surface area contributed by atoms with Gasteiger partial charge in [0.2, 0.25) is 0 Å². The molecule has 12 heteroatoms. The highest BCUT2D eigenvalue weighted by molar-refractivity contribution is 7.47. The summed E-state index contributed by atoms with van der Waals surface area (Å²) in [6.07, 6.45) is 38.2. The number of unbranched alkanes of at least 4 members (excludes halogenated alkanes) is 22. The molecule has 54 heavy (non-hydrogen) atoms. The van der Waals surface area contributed by atoms with Crippen molar-refractivity contribution in [2.75, 3.05) is 19.8 Å². The first-order chi connectivity index (χ1) is 26.1. The summed E-state index contributed by atoms with van der Waals surface area (Å²) in [6.45, 7) is 2.75. The molecular formula is C42H78NO10P.